The van der Waals surface area contributed by atoms with Crippen LogP contribution in [0.4, 0.5) is 11.4 Å². The minimum Gasteiger partial charge on any atom is -0.378 e. The average molecular weight is 397 g/mol. The summed E-state index contributed by atoms with van der Waals surface area (Å²) in [7, 11) is 1.76. The number of amides is 1. The van der Waals surface area contributed by atoms with Crippen molar-refractivity contribution in [3.05, 3.63) is 108 Å². The van der Waals surface area contributed by atoms with Gasteiger partial charge in [0, 0.05) is 31.7 Å². The number of anilines is 2. The van der Waals surface area contributed by atoms with Crippen LogP contribution in [0.2, 0.25) is 0 Å². The Balaban J connectivity index is 1.42. The predicted octanol–water partition coefficient (Wildman–Crippen LogP) is 4.27. The lowest BCUT2D eigenvalue weighted by Crippen LogP contribution is -2.18. The third kappa shape index (κ3) is 4.72. The van der Waals surface area contributed by atoms with Crippen LogP contribution < -0.4 is 10.6 Å². The third-order valence-electron chi connectivity index (χ3n) is 4.85. The molecule has 0 aliphatic carbocycles. The number of aromatic nitrogens is 3. The average Bonchev–Trinajstić information content (AvgIpc) is 3.15. The molecule has 0 spiro atoms. The van der Waals surface area contributed by atoms with E-state index in [2.05, 4.69) is 32.8 Å². The van der Waals surface area contributed by atoms with E-state index >= 15 is 0 Å². The van der Waals surface area contributed by atoms with Gasteiger partial charge in [0.05, 0.1) is 11.9 Å². The Bertz CT molecular complexity index is 1110. The van der Waals surface area contributed by atoms with E-state index in [0.29, 0.717) is 17.9 Å². The highest BCUT2D eigenvalue weighted by atomic mass is 16.2. The standard InChI is InChI=1S/C24H23N5O/c1-29-23(22(17-27-29)26-16-20-11-13-25-14-12-20)24(30)28-21-9-7-19(8-10-21)15-18-5-3-2-4-6-18/h2-14,17,26H,15-16H2,1H3,(H,28,30). The van der Waals surface area contributed by atoms with E-state index < -0.39 is 0 Å². The number of hydrogen-bond acceptors (Lipinski definition) is 4. The summed E-state index contributed by atoms with van der Waals surface area (Å²) in [5, 5.41) is 10.5. The fourth-order valence-corrected chi connectivity index (χ4v) is 3.26. The summed E-state index contributed by atoms with van der Waals surface area (Å²) in [6, 6.07) is 22.1. The number of carbonyl (C=O) groups excluding carboxylic acids is 1. The zero-order valence-corrected chi connectivity index (χ0v) is 16.7. The molecule has 2 aromatic heterocycles. The van der Waals surface area contributed by atoms with Gasteiger partial charge in [0.15, 0.2) is 0 Å². The van der Waals surface area contributed by atoms with Crippen molar-refractivity contribution in [3.8, 4) is 0 Å². The maximum atomic E-state index is 12.9. The van der Waals surface area contributed by atoms with Crippen LogP contribution in [0.5, 0.6) is 0 Å². The Labute approximate surface area is 175 Å². The minimum absolute atomic E-state index is 0.206. The molecule has 6 nitrogen and oxygen atoms in total. The van der Waals surface area contributed by atoms with Crippen molar-refractivity contribution in [1.29, 1.82) is 0 Å². The molecule has 0 aliphatic rings. The Kier molecular flexibility index (Phi) is 5.85. The molecule has 30 heavy (non-hydrogen) atoms. The fourth-order valence-electron chi connectivity index (χ4n) is 3.26. The summed E-state index contributed by atoms with van der Waals surface area (Å²) in [6.45, 7) is 0.586. The quantitative estimate of drug-likeness (QED) is 0.489. The van der Waals surface area contributed by atoms with Gasteiger partial charge in [0.2, 0.25) is 0 Å². The molecule has 0 unspecified atom stereocenters. The van der Waals surface area contributed by atoms with Crippen molar-refractivity contribution >= 4 is 17.3 Å². The van der Waals surface area contributed by atoms with Gasteiger partial charge in [-0.25, -0.2) is 0 Å². The first-order valence-corrected chi connectivity index (χ1v) is 9.78. The maximum Gasteiger partial charge on any atom is 0.276 e. The summed E-state index contributed by atoms with van der Waals surface area (Å²) in [5.41, 5.74) is 5.45. The van der Waals surface area contributed by atoms with Crippen molar-refractivity contribution in [2.45, 2.75) is 13.0 Å². The van der Waals surface area contributed by atoms with Gasteiger partial charge in [-0.1, -0.05) is 42.5 Å². The lowest BCUT2D eigenvalue weighted by Gasteiger charge is -2.10. The molecule has 2 aromatic carbocycles. The molecule has 150 valence electrons. The van der Waals surface area contributed by atoms with Crippen LogP contribution in [0.1, 0.15) is 27.2 Å². The van der Waals surface area contributed by atoms with E-state index in [4.69, 9.17) is 0 Å². The van der Waals surface area contributed by atoms with Gasteiger partial charge in [-0.2, -0.15) is 5.10 Å². The molecule has 1 amide bonds. The first-order chi connectivity index (χ1) is 14.7. The first kappa shape index (κ1) is 19.4. The molecular weight excluding hydrogens is 374 g/mol. The summed E-state index contributed by atoms with van der Waals surface area (Å²) in [6.07, 6.45) is 6.02. The highest BCUT2D eigenvalue weighted by Crippen LogP contribution is 2.19. The van der Waals surface area contributed by atoms with Gasteiger partial charge < -0.3 is 10.6 Å². The van der Waals surface area contributed by atoms with Gasteiger partial charge in [-0.05, 0) is 47.4 Å². The number of nitrogens with one attached hydrogen (secondary N) is 2. The van der Waals surface area contributed by atoms with E-state index in [1.165, 1.54) is 11.1 Å². The summed E-state index contributed by atoms with van der Waals surface area (Å²) in [4.78, 5) is 16.9. The van der Waals surface area contributed by atoms with Crippen LogP contribution in [0.3, 0.4) is 0 Å². The van der Waals surface area contributed by atoms with E-state index in [-0.39, 0.29) is 5.91 Å². The molecule has 0 fully saturated rings. The van der Waals surface area contributed by atoms with E-state index in [9.17, 15) is 4.79 Å². The van der Waals surface area contributed by atoms with Crippen molar-refractivity contribution in [2.24, 2.45) is 7.05 Å². The lowest BCUT2D eigenvalue weighted by atomic mass is 10.0. The number of nitrogens with zero attached hydrogens (tertiary/aromatic N) is 3. The topological polar surface area (TPSA) is 71.8 Å². The van der Waals surface area contributed by atoms with Gasteiger partial charge in [0.25, 0.3) is 5.91 Å². The lowest BCUT2D eigenvalue weighted by molar-refractivity contribution is 0.101. The van der Waals surface area contributed by atoms with Gasteiger partial charge in [0.1, 0.15) is 5.69 Å². The fraction of sp³-hybridized carbons (Fsp3) is 0.125. The molecule has 4 rings (SSSR count). The third-order valence-corrected chi connectivity index (χ3v) is 4.85. The zero-order valence-electron chi connectivity index (χ0n) is 16.7. The number of hydrogen-bond donors (Lipinski definition) is 2. The van der Waals surface area contributed by atoms with Crippen LogP contribution in [0.25, 0.3) is 0 Å². The Morgan fingerprint density at radius 1 is 0.900 bits per heavy atom. The molecule has 4 aromatic rings. The SMILES string of the molecule is Cn1ncc(NCc2ccncc2)c1C(=O)Nc1ccc(Cc2ccccc2)cc1. The van der Waals surface area contributed by atoms with E-state index in [1.54, 1.807) is 30.3 Å². The second-order valence-corrected chi connectivity index (χ2v) is 7.05. The largest absolute Gasteiger partial charge is 0.378 e. The Morgan fingerprint density at radius 3 is 2.33 bits per heavy atom. The minimum atomic E-state index is -0.206. The van der Waals surface area contributed by atoms with Gasteiger partial charge in [-0.3, -0.25) is 14.5 Å². The molecule has 0 atom stereocenters. The summed E-state index contributed by atoms with van der Waals surface area (Å²) in [5.74, 6) is -0.206. The molecule has 2 heterocycles. The van der Waals surface area contributed by atoms with Crippen molar-refractivity contribution < 1.29 is 4.79 Å². The molecule has 0 bridgehead atoms. The smallest absolute Gasteiger partial charge is 0.276 e. The number of carbonyl (C=O) groups is 1. The number of benzene rings is 2. The number of aryl methyl sites for hydroxylation is 1. The Morgan fingerprint density at radius 2 is 1.60 bits per heavy atom. The van der Waals surface area contributed by atoms with Gasteiger partial charge in [-0.15, -0.1) is 0 Å². The molecule has 0 aliphatic heterocycles. The maximum absolute atomic E-state index is 12.9. The van der Waals surface area contributed by atoms with Crippen molar-refractivity contribution in [2.75, 3.05) is 10.6 Å². The molecule has 0 saturated heterocycles. The first-order valence-electron chi connectivity index (χ1n) is 9.78. The highest BCUT2D eigenvalue weighted by molar-refractivity contribution is 6.06. The van der Waals surface area contributed by atoms with Crippen LogP contribution in [-0.2, 0) is 20.0 Å². The predicted molar refractivity (Wildman–Crippen MR) is 118 cm³/mol. The van der Waals surface area contributed by atoms with E-state index in [1.807, 2.05) is 54.6 Å². The molecule has 0 radical (unpaired) electrons. The number of rotatable bonds is 7. The molecular formula is C24H23N5O. The highest BCUT2D eigenvalue weighted by Gasteiger charge is 2.17. The van der Waals surface area contributed by atoms with Crippen LogP contribution in [0, 0.1) is 0 Å². The number of pyridine rings is 1. The Hall–Kier alpha value is -3.93. The molecule has 0 saturated carbocycles. The normalized spacial score (nSPS) is 10.6. The van der Waals surface area contributed by atoms with Crippen LogP contribution in [-0.4, -0.2) is 20.7 Å². The second kappa shape index (κ2) is 9.05. The molecule has 2 N–H and O–H groups in total. The van der Waals surface area contributed by atoms with Gasteiger partial charge >= 0.3 is 0 Å². The summed E-state index contributed by atoms with van der Waals surface area (Å²) >= 11 is 0. The van der Waals surface area contributed by atoms with E-state index in [0.717, 1.165) is 17.7 Å². The van der Waals surface area contributed by atoms with Crippen LogP contribution >= 0.6 is 0 Å². The second-order valence-electron chi connectivity index (χ2n) is 7.05. The summed E-state index contributed by atoms with van der Waals surface area (Å²) < 4.78 is 1.58. The van der Waals surface area contributed by atoms with Crippen molar-refractivity contribution in [3.63, 3.8) is 0 Å². The monoisotopic (exact) mass is 397 g/mol. The van der Waals surface area contributed by atoms with Crippen LogP contribution in [0.15, 0.2) is 85.3 Å². The zero-order chi connectivity index (χ0) is 20.8. The van der Waals surface area contributed by atoms with Crippen molar-refractivity contribution in [1.82, 2.24) is 14.8 Å². The molecule has 6 heteroatoms.